The summed E-state index contributed by atoms with van der Waals surface area (Å²) in [6.07, 6.45) is 1.80. The van der Waals surface area contributed by atoms with Gasteiger partial charge in [0.1, 0.15) is 5.01 Å². The third kappa shape index (κ3) is 7.68. The van der Waals surface area contributed by atoms with Gasteiger partial charge in [-0.2, -0.15) is 8.42 Å². The van der Waals surface area contributed by atoms with Crippen LogP contribution in [-0.2, 0) is 26.1 Å². The molecule has 1 atom stereocenters. The second-order valence-corrected chi connectivity index (χ2v) is 6.96. The van der Waals surface area contributed by atoms with Gasteiger partial charge in [-0.15, -0.1) is 10.2 Å². The molecule has 0 amide bonds. The van der Waals surface area contributed by atoms with Crippen molar-refractivity contribution in [3.8, 4) is 0 Å². The number of methoxy groups -OCH3 is 1. The minimum absolute atomic E-state index is 0. The minimum atomic E-state index is -4.76. The molecule has 12 heteroatoms. The standard InChI is InChI=1S/C11H17N3O6S2.Na/c1-3-4-5-9-13-14-11(21-9)12-8(15)6-7(10(16)20-2)22(17,18)19;/h7H,3-6H2,1-2H3,(H,12,14,15)(H,17,18,19);/q;+1/p-1. The molecule has 1 aromatic heterocycles. The summed E-state index contributed by atoms with van der Waals surface area (Å²) >= 11 is 1.11. The monoisotopic (exact) mass is 373 g/mol. The van der Waals surface area contributed by atoms with Crippen molar-refractivity contribution in [2.45, 2.75) is 37.9 Å². The molecule has 0 radical (unpaired) electrons. The average Bonchev–Trinajstić information content (AvgIpc) is 2.88. The summed E-state index contributed by atoms with van der Waals surface area (Å²) < 4.78 is 35.3. The summed E-state index contributed by atoms with van der Waals surface area (Å²) in [7, 11) is -3.81. The SMILES string of the molecule is CCCCc1nnc(N=C([O-])CC(C(=O)OC)S(=O)(=O)O)s1.[Na+]. The number of nitrogens with zero attached hydrogens (tertiary/aromatic N) is 3. The van der Waals surface area contributed by atoms with Crippen LogP contribution in [0.15, 0.2) is 4.99 Å². The van der Waals surface area contributed by atoms with Gasteiger partial charge < -0.3 is 9.84 Å². The number of unbranched alkanes of at least 4 members (excludes halogenated alkanes) is 1. The first-order valence-corrected chi connectivity index (χ1v) is 8.71. The second-order valence-electron chi connectivity index (χ2n) is 4.32. The second kappa shape index (κ2) is 10.3. The van der Waals surface area contributed by atoms with Gasteiger partial charge >= 0.3 is 35.5 Å². The molecule has 1 rings (SSSR count). The van der Waals surface area contributed by atoms with Gasteiger partial charge in [-0.3, -0.25) is 9.35 Å². The van der Waals surface area contributed by atoms with E-state index in [0.29, 0.717) is 11.4 Å². The normalized spacial score (nSPS) is 13.3. The fourth-order valence-corrected chi connectivity index (χ4v) is 2.93. The average molecular weight is 373 g/mol. The Morgan fingerprint density at radius 1 is 1.48 bits per heavy atom. The fraction of sp³-hybridized carbons (Fsp3) is 0.636. The van der Waals surface area contributed by atoms with Gasteiger partial charge in [0.25, 0.3) is 10.1 Å². The Balaban J connectivity index is 0.00000484. The van der Waals surface area contributed by atoms with Crippen LogP contribution in [0, 0.1) is 0 Å². The molecule has 0 saturated carbocycles. The van der Waals surface area contributed by atoms with Crippen molar-refractivity contribution in [3.63, 3.8) is 0 Å². The van der Waals surface area contributed by atoms with E-state index in [0.717, 1.165) is 31.3 Å². The number of hydrogen-bond acceptors (Lipinski definition) is 9. The summed E-state index contributed by atoms with van der Waals surface area (Å²) in [6.45, 7) is 2.03. The minimum Gasteiger partial charge on any atom is -0.862 e. The maximum absolute atomic E-state index is 11.7. The first kappa shape index (κ1) is 22.4. The summed E-state index contributed by atoms with van der Waals surface area (Å²) in [5.74, 6) is -2.14. The number of aliphatic imine (C=N–C) groups is 1. The fourth-order valence-electron chi connectivity index (χ4n) is 1.47. The zero-order valence-electron chi connectivity index (χ0n) is 13.1. The number of hydrogen-bond donors (Lipinski definition) is 1. The van der Waals surface area contributed by atoms with Crippen LogP contribution in [0.5, 0.6) is 0 Å². The molecule has 1 N–H and O–H groups in total. The van der Waals surface area contributed by atoms with E-state index in [4.69, 9.17) is 4.55 Å². The summed E-state index contributed by atoms with van der Waals surface area (Å²) in [5.41, 5.74) is 0. The molecule has 23 heavy (non-hydrogen) atoms. The van der Waals surface area contributed by atoms with Gasteiger partial charge in [0.2, 0.25) is 5.13 Å². The Bertz CT molecular complexity index is 646. The van der Waals surface area contributed by atoms with Crippen molar-refractivity contribution in [3.05, 3.63) is 5.01 Å². The third-order valence-electron chi connectivity index (χ3n) is 2.60. The Labute approximate surface area is 160 Å². The summed E-state index contributed by atoms with van der Waals surface area (Å²) in [6, 6.07) is 0. The number of aryl methyl sites for hydroxylation is 1. The Morgan fingerprint density at radius 2 is 2.13 bits per heavy atom. The van der Waals surface area contributed by atoms with Crippen molar-refractivity contribution in [2.75, 3.05) is 7.11 Å². The molecule has 124 valence electrons. The summed E-state index contributed by atoms with van der Waals surface area (Å²) in [4.78, 5) is 14.9. The van der Waals surface area contributed by atoms with Gasteiger partial charge in [-0.05, 0) is 12.3 Å². The van der Waals surface area contributed by atoms with Crippen LogP contribution in [0.2, 0.25) is 0 Å². The predicted molar refractivity (Wildman–Crippen MR) is 77.6 cm³/mol. The maximum Gasteiger partial charge on any atom is 1.00 e. The van der Waals surface area contributed by atoms with E-state index < -0.39 is 33.7 Å². The zero-order valence-corrected chi connectivity index (χ0v) is 16.7. The number of carbonyl (C=O) groups excluding carboxylic acids is 1. The van der Waals surface area contributed by atoms with Gasteiger partial charge in [-0.1, -0.05) is 24.7 Å². The van der Waals surface area contributed by atoms with E-state index in [1.165, 1.54) is 0 Å². The van der Waals surface area contributed by atoms with E-state index in [-0.39, 0.29) is 34.7 Å². The van der Waals surface area contributed by atoms with E-state index >= 15 is 0 Å². The number of aromatic nitrogens is 2. The van der Waals surface area contributed by atoms with Crippen molar-refractivity contribution >= 4 is 38.5 Å². The molecule has 0 saturated heterocycles. The third-order valence-corrected chi connectivity index (χ3v) is 4.56. The molecule has 0 aliphatic carbocycles. The zero-order chi connectivity index (χ0) is 16.8. The van der Waals surface area contributed by atoms with Gasteiger partial charge in [-0.25, -0.2) is 4.99 Å². The van der Waals surface area contributed by atoms with Crippen LogP contribution in [0.25, 0.3) is 0 Å². The van der Waals surface area contributed by atoms with Crippen LogP contribution in [0.1, 0.15) is 31.2 Å². The predicted octanol–water partition coefficient (Wildman–Crippen LogP) is -2.91. The molecule has 0 fully saturated rings. The van der Waals surface area contributed by atoms with Crippen LogP contribution in [-0.4, -0.2) is 47.4 Å². The number of carbonyl (C=O) groups is 1. The quantitative estimate of drug-likeness (QED) is 0.168. The molecular weight excluding hydrogens is 357 g/mol. The number of esters is 1. The maximum atomic E-state index is 11.7. The van der Waals surface area contributed by atoms with Crippen LogP contribution < -0.4 is 34.7 Å². The number of rotatable bonds is 8. The van der Waals surface area contributed by atoms with E-state index in [9.17, 15) is 18.3 Å². The first-order chi connectivity index (χ1) is 10.3. The van der Waals surface area contributed by atoms with E-state index in [2.05, 4.69) is 19.9 Å². The molecule has 0 spiro atoms. The topological polar surface area (TPSA) is 142 Å². The van der Waals surface area contributed by atoms with Crippen molar-refractivity contribution in [2.24, 2.45) is 4.99 Å². The Hall–Kier alpha value is -0.590. The Kier molecular flexibility index (Phi) is 10.0. The van der Waals surface area contributed by atoms with Gasteiger partial charge in [0, 0.05) is 12.8 Å². The first-order valence-electron chi connectivity index (χ1n) is 6.39. The molecule has 0 aliphatic heterocycles. The molecule has 0 aliphatic rings. The summed E-state index contributed by atoms with van der Waals surface area (Å²) in [5, 5.41) is 18.0. The van der Waals surface area contributed by atoms with Crippen molar-refractivity contribution in [1.82, 2.24) is 10.2 Å². The molecule has 0 bridgehead atoms. The number of ether oxygens (including phenoxy) is 1. The molecule has 1 unspecified atom stereocenters. The van der Waals surface area contributed by atoms with Crippen LogP contribution >= 0.6 is 11.3 Å². The Morgan fingerprint density at radius 3 is 2.65 bits per heavy atom. The molecule has 1 heterocycles. The molecular formula is C11H16N3NaO6S2. The van der Waals surface area contributed by atoms with Gasteiger partial charge in [0.15, 0.2) is 5.25 Å². The van der Waals surface area contributed by atoms with Crippen LogP contribution in [0.3, 0.4) is 0 Å². The van der Waals surface area contributed by atoms with Crippen LogP contribution in [0.4, 0.5) is 5.13 Å². The van der Waals surface area contributed by atoms with Crippen molar-refractivity contribution < 1.29 is 57.2 Å². The van der Waals surface area contributed by atoms with E-state index in [1.807, 2.05) is 6.92 Å². The molecule has 0 aromatic carbocycles. The molecule has 9 nitrogen and oxygen atoms in total. The van der Waals surface area contributed by atoms with Crippen molar-refractivity contribution in [1.29, 1.82) is 0 Å². The largest absolute Gasteiger partial charge is 1.00 e. The van der Waals surface area contributed by atoms with E-state index in [1.54, 1.807) is 0 Å². The smallest absolute Gasteiger partial charge is 0.862 e. The molecule has 1 aromatic rings. The van der Waals surface area contributed by atoms with Gasteiger partial charge in [0.05, 0.1) is 7.11 Å².